The van der Waals surface area contributed by atoms with Gasteiger partial charge < -0.3 is 5.32 Å². The second kappa shape index (κ2) is 6.80. The number of hydrogen-bond acceptors (Lipinski definition) is 3. The molecule has 1 aromatic rings. The Balaban J connectivity index is 2.27. The fourth-order valence-corrected chi connectivity index (χ4v) is 3.90. The molecule has 114 valence electrons. The van der Waals surface area contributed by atoms with Crippen molar-refractivity contribution in [1.82, 2.24) is 9.62 Å². The molecule has 1 N–H and O–H groups in total. The predicted molar refractivity (Wildman–Crippen MR) is 84.6 cm³/mol. The van der Waals surface area contributed by atoms with Gasteiger partial charge in [-0.25, -0.2) is 8.42 Å². The first kappa shape index (κ1) is 16.3. The Morgan fingerprint density at radius 1 is 1.48 bits per heavy atom. The Morgan fingerprint density at radius 2 is 2.19 bits per heavy atom. The average Bonchev–Trinajstić information content (AvgIpc) is 3.27. The smallest absolute Gasteiger partial charge is 0.245 e. The van der Waals surface area contributed by atoms with Crippen molar-refractivity contribution in [2.75, 3.05) is 13.1 Å². The summed E-state index contributed by atoms with van der Waals surface area (Å²) in [6.07, 6.45) is 7.61. The summed E-state index contributed by atoms with van der Waals surface area (Å²) in [4.78, 5) is 0.122. The molecule has 2 rings (SSSR count). The van der Waals surface area contributed by atoms with E-state index < -0.39 is 10.0 Å². The van der Waals surface area contributed by atoms with E-state index in [0.717, 1.165) is 5.56 Å². The number of halogens is 1. The molecule has 4 nitrogen and oxygen atoms in total. The van der Waals surface area contributed by atoms with Gasteiger partial charge in [0.2, 0.25) is 10.0 Å². The Kier molecular flexibility index (Phi) is 5.28. The standard InChI is InChI=1S/C15H19ClN2O2S/c1-3-9-18(4-2)21(19,20)15-10-12(5-8-14(15)16)11-17-13-6-7-13/h1,5,8,10,13,17H,4,6-7,9,11H2,2H3. The minimum atomic E-state index is -3.66. The van der Waals surface area contributed by atoms with Crippen LogP contribution in [0.15, 0.2) is 23.1 Å². The summed E-state index contributed by atoms with van der Waals surface area (Å²) in [6, 6.07) is 5.66. The fourth-order valence-electron chi connectivity index (χ4n) is 2.01. The zero-order valence-corrected chi connectivity index (χ0v) is 13.5. The molecule has 1 aliphatic carbocycles. The summed E-state index contributed by atoms with van der Waals surface area (Å²) in [6.45, 7) is 2.75. The number of benzene rings is 1. The van der Waals surface area contributed by atoms with Crippen LogP contribution in [0.3, 0.4) is 0 Å². The van der Waals surface area contributed by atoms with Crippen LogP contribution in [0.1, 0.15) is 25.3 Å². The lowest BCUT2D eigenvalue weighted by atomic mass is 10.2. The van der Waals surface area contributed by atoms with Crippen LogP contribution in [0, 0.1) is 12.3 Å². The van der Waals surface area contributed by atoms with E-state index in [1.165, 1.54) is 17.1 Å². The van der Waals surface area contributed by atoms with Crippen LogP contribution in [-0.4, -0.2) is 31.9 Å². The van der Waals surface area contributed by atoms with E-state index in [1.54, 1.807) is 19.1 Å². The first-order valence-electron chi connectivity index (χ1n) is 6.94. The molecule has 0 heterocycles. The molecule has 0 unspecified atom stereocenters. The summed E-state index contributed by atoms with van der Waals surface area (Å²) >= 11 is 6.08. The Hall–Kier alpha value is -1.06. The van der Waals surface area contributed by atoms with E-state index >= 15 is 0 Å². The predicted octanol–water partition coefficient (Wildman–Crippen LogP) is 2.24. The van der Waals surface area contributed by atoms with Gasteiger partial charge in [0.15, 0.2) is 0 Å². The number of nitrogens with zero attached hydrogens (tertiary/aromatic N) is 1. The third-order valence-electron chi connectivity index (χ3n) is 3.41. The van der Waals surface area contributed by atoms with E-state index in [4.69, 9.17) is 18.0 Å². The Morgan fingerprint density at radius 3 is 2.76 bits per heavy atom. The van der Waals surface area contributed by atoms with Crippen molar-refractivity contribution in [3.8, 4) is 12.3 Å². The molecule has 0 amide bonds. The summed E-state index contributed by atoms with van der Waals surface area (Å²) in [5, 5.41) is 3.58. The van der Waals surface area contributed by atoms with Crippen LogP contribution in [0.5, 0.6) is 0 Å². The Bertz CT molecular complexity index is 648. The highest BCUT2D eigenvalue weighted by Gasteiger charge is 2.26. The van der Waals surface area contributed by atoms with Crippen molar-refractivity contribution in [2.45, 2.75) is 37.2 Å². The largest absolute Gasteiger partial charge is 0.310 e. The van der Waals surface area contributed by atoms with E-state index in [0.29, 0.717) is 19.1 Å². The molecule has 0 atom stereocenters. The number of nitrogens with one attached hydrogen (secondary N) is 1. The maximum absolute atomic E-state index is 12.6. The van der Waals surface area contributed by atoms with Crippen LogP contribution >= 0.6 is 11.6 Å². The molecular weight excluding hydrogens is 308 g/mol. The van der Waals surface area contributed by atoms with Gasteiger partial charge in [-0.2, -0.15) is 4.31 Å². The van der Waals surface area contributed by atoms with Crippen LogP contribution < -0.4 is 5.32 Å². The lowest BCUT2D eigenvalue weighted by molar-refractivity contribution is 0.464. The molecule has 6 heteroatoms. The van der Waals surface area contributed by atoms with Crippen molar-refractivity contribution < 1.29 is 8.42 Å². The van der Waals surface area contributed by atoms with Crippen molar-refractivity contribution in [3.05, 3.63) is 28.8 Å². The first-order valence-corrected chi connectivity index (χ1v) is 8.76. The van der Waals surface area contributed by atoms with Gasteiger partial charge in [0, 0.05) is 19.1 Å². The van der Waals surface area contributed by atoms with Crippen molar-refractivity contribution in [2.24, 2.45) is 0 Å². The first-order chi connectivity index (χ1) is 9.98. The molecule has 21 heavy (non-hydrogen) atoms. The van der Waals surface area contributed by atoms with Gasteiger partial charge in [0.1, 0.15) is 4.90 Å². The topological polar surface area (TPSA) is 49.4 Å². The Labute approximate surface area is 131 Å². The summed E-state index contributed by atoms with van der Waals surface area (Å²) in [5.74, 6) is 2.37. The second-order valence-corrected chi connectivity index (χ2v) is 7.37. The molecule has 0 bridgehead atoms. The van der Waals surface area contributed by atoms with E-state index in [1.807, 2.05) is 6.07 Å². The second-order valence-electron chi connectivity index (χ2n) is 5.06. The quantitative estimate of drug-likeness (QED) is 0.782. The monoisotopic (exact) mass is 326 g/mol. The minimum absolute atomic E-state index is 0.0414. The van der Waals surface area contributed by atoms with Gasteiger partial charge in [-0.15, -0.1) is 6.42 Å². The number of terminal acetylenes is 1. The van der Waals surface area contributed by atoms with Crippen LogP contribution in [0.4, 0.5) is 0 Å². The molecule has 1 aliphatic rings. The highest BCUT2D eigenvalue weighted by Crippen LogP contribution is 2.26. The van der Waals surface area contributed by atoms with E-state index in [9.17, 15) is 8.42 Å². The fraction of sp³-hybridized carbons (Fsp3) is 0.467. The van der Waals surface area contributed by atoms with Crippen molar-refractivity contribution in [1.29, 1.82) is 0 Å². The third kappa shape index (κ3) is 3.98. The van der Waals surface area contributed by atoms with Gasteiger partial charge in [-0.3, -0.25) is 0 Å². The molecule has 0 spiro atoms. The molecule has 1 aromatic carbocycles. The van der Waals surface area contributed by atoms with Gasteiger partial charge >= 0.3 is 0 Å². The lowest BCUT2D eigenvalue weighted by Crippen LogP contribution is -2.31. The van der Waals surface area contributed by atoms with Gasteiger partial charge in [0.25, 0.3) is 0 Å². The SMILES string of the molecule is C#CCN(CC)S(=O)(=O)c1cc(CNC2CC2)ccc1Cl. The molecular formula is C15H19ClN2O2S. The molecule has 0 aliphatic heterocycles. The van der Waals surface area contributed by atoms with Crippen LogP contribution in [-0.2, 0) is 16.6 Å². The highest BCUT2D eigenvalue weighted by molar-refractivity contribution is 7.89. The molecule has 1 fully saturated rings. The minimum Gasteiger partial charge on any atom is -0.310 e. The summed E-state index contributed by atoms with van der Waals surface area (Å²) in [5.41, 5.74) is 0.904. The number of hydrogen-bond donors (Lipinski definition) is 1. The maximum Gasteiger partial charge on any atom is 0.245 e. The molecule has 0 aromatic heterocycles. The van der Waals surface area contributed by atoms with E-state index in [-0.39, 0.29) is 16.5 Å². The maximum atomic E-state index is 12.6. The van der Waals surface area contributed by atoms with Gasteiger partial charge in [-0.05, 0) is 30.5 Å². The van der Waals surface area contributed by atoms with Gasteiger partial charge in [-0.1, -0.05) is 30.5 Å². The van der Waals surface area contributed by atoms with Crippen molar-refractivity contribution >= 4 is 21.6 Å². The molecule has 1 saturated carbocycles. The molecule has 0 saturated heterocycles. The van der Waals surface area contributed by atoms with Crippen LogP contribution in [0.25, 0.3) is 0 Å². The normalized spacial score (nSPS) is 15.1. The van der Waals surface area contributed by atoms with Crippen LogP contribution in [0.2, 0.25) is 5.02 Å². The summed E-state index contributed by atoms with van der Waals surface area (Å²) < 4.78 is 26.4. The third-order valence-corrected chi connectivity index (χ3v) is 5.81. The van der Waals surface area contributed by atoms with Crippen molar-refractivity contribution in [3.63, 3.8) is 0 Å². The van der Waals surface area contributed by atoms with Gasteiger partial charge in [0.05, 0.1) is 11.6 Å². The average molecular weight is 327 g/mol. The van der Waals surface area contributed by atoms with E-state index in [2.05, 4.69) is 11.2 Å². The summed E-state index contributed by atoms with van der Waals surface area (Å²) in [7, 11) is -3.66. The number of rotatable bonds is 7. The number of sulfonamides is 1. The zero-order valence-electron chi connectivity index (χ0n) is 12.0. The zero-order chi connectivity index (χ0) is 15.5. The lowest BCUT2D eigenvalue weighted by Gasteiger charge is -2.19. The highest BCUT2D eigenvalue weighted by atomic mass is 35.5. The molecule has 0 radical (unpaired) electrons.